The van der Waals surface area contributed by atoms with Gasteiger partial charge in [0.05, 0.1) is 23.1 Å². The van der Waals surface area contributed by atoms with Crippen molar-refractivity contribution < 1.29 is 18.3 Å². The number of aryl methyl sites for hydroxylation is 1. The number of benzene rings is 1. The van der Waals surface area contributed by atoms with Gasteiger partial charge in [0.1, 0.15) is 5.58 Å². The van der Waals surface area contributed by atoms with Crippen LogP contribution < -0.4 is 5.43 Å². The molecule has 0 radical (unpaired) electrons. The molecule has 0 aliphatic carbocycles. The molecular formula is C22H23ClFNO4. The molecule has 1 unspecified atom stereocenters. The van der Waals surface area contributed by atoms with Crippen LogP contribution in [0.5, 0.6) is 0 Å². The molecule has 0 saturated heterocycles. The molecule has 0 amide bonds. The van der Waals surface area contributed by atoms with Crippen molar-refractivity contribution in [3.05, 3.63) is 50.8 Å². The molecule has 0 bridgehead atoms. The summed E-state index contributed by atoms with van der Waals surface area (Å²) >= 11 is 6.01. The summed E-state index contributed by atoms with van der Waals surface area (Å²) in [6, 6.07) is 6.28. The molecule has 0 spiro atoms. The SMILES string of the molecule is CCCCCCc1cc2c(=O)c3cc(Cl)ccc3oc2nc1C(F)C(=O)OCC. The van der Waals surface area contributed by atoms with E-state index in [-0.39, 0.29) is 28.8 Å². The van der Waals surface area contributed by atoms with Gasteiger partial charge >= 0.3 is 5.97 Å². The van der Waals surface area contributed by atoms with Gasteiger partial charge in [-0.2, -0.15) is 0 Å². The highest BCUT2D eigenvalue weighted by Gasteiger charge is 2.27. The zero-order valence-corrected chi connectivity index (χ0v) is 17.2. The molecule has 3 rings (SSSR count). The van der Waals surface area contributed by atoms with Crippen molar-refractivity contribution >= 4 is 39.6 Å². The molecule has 0 N–H and O–H groups in total. The van der Waals surface area contributed by atoms with Crippen LogP contribution in [0.15, 0.2) is 33.5 Å². The number of aromatic nitrogens is 1. The molecule has 1 atom stereocenters. The van der Waals surface area contributed by atoms with Crippen LogP contribution in [0.2, 0.25) is 5.02 Å². The Kier molecular flexibility index (Phi) is 6.85. The quantitative estimate of drug-likeness (QED) is 0.266. The first-order valence-electron chi connectivity index (χ1n) is 9.82. The highest BCUT2D eigenvalue weighted by Crippen LogP contribution is 2.28. The second-order valence-corrected chi connectivity index (χ2v) is 7.32. The van der Waals surface area contributed by atoms with Crippen LogP contribution in [0.1, 0.15) is 57.0 Å². The summed E-state index contributed by atoms with van der Waals surface area (Å²) in [6.45, 7) is 3.78. The monoisotopic (exact) mass is 419 g/mol. The summed E-state index contributed by atoms with van der Waals surface area (Å²) in [7, 11) is 0. The fourth-order valence-corrected chi connectivity index (χ4v) is 3.47. The van der Waals surface area contributed by atoms with E-state index in [4.69, 9.17) is 20.8 Å². The summed E-state index contributed by atoms with van der Waals surface area (Å²) in [4.78, 5) is 29.2. The molecule has 154 valence electrons. The van der Waals surface area contributed by atoms with Gasteiger partial charge in [-0.1, -0.05) is 37.8 Å². The zero-order chi connectivity index (χ0) is 21.0. The van der Waals surface area contributed by atoms with E-state index < -0.39 is 12.1 Å². The van der Waals surface area contributed by atoms with E-state index >= 15 is 0 Å². The van der Waals surface area contributed by atoms with Crippen LogP contribution in [0.3, 0.4) is 0 Å². The van der Waals surface area contributed by atoms with Crippen LogP contribution in [0, 0.1) is 0 Å². The molecule has 3 aromatic rings. The summed E-state index contributed by atoms with van der Waals surface area (Å²) in [5.74, 6) is -0.996. The predicted molar refractivity (Wildman–Crippen MR) is 111 cm³/mol. The number of esters is 1. The van der Waals surface area contributed by atoms with Crippen molar-refractivity contribution in [1.82, 2.24) is 4.98 Å². The fourth-order valence-electron chi connectivity index (χ4n) is 3.30. The molecule has 2 heterocycles. The largest absolute Gasteiger partial charge is 0.464 e. The maximum atomic E-state index is 14.9. The molecular weight excluding hydrogens is 397 g/mol. The molecule has 0 aliphatic heterocycles. The Bertz CT molecular complexity index is 1100. The van der Waals surface area contributed by atoms with Crippen LogP contribution in [-0.2, 0) is 16.0 Å². The first kappa shape index (κ1) is 21.2. The minimum absolute atomic E-state index is 0.0101. The van der Waals surface area contributed by atoms with Gasteiger partial charge in [0.15, 0.2) is 0 Å². The minimum Gasteiger partial charge on any atom is -0.464 e. The van der Waals surface area contributed by atoms with Crippen LogP contribution in [0.25, 0.3) is 22.1 Å². The van der Waals surface area contributed by atoms with Gasteiger partial charge in [0.25, 0.3) is 0 Å². The van der Waals surface area contributed by atoms with E-state index in [9.17, 15) is 14.0 Å². The van der Waals surface area contributed by atoms with E-state index in [1.54, 1.807) is 25.1 Å². The molecule has 7 heteroatoms. The molecule has 5 nitrogen and oxygen atoms in total. The average molecular weight is 420 g/mol. The molecule has 0 fully saturated rings. The number of pyridine rings is 1. The number of carbonyl (C=O) groups is 1. The zero-order valence-electron chi connectivity index (χ0n) is 16.5. The van der Waals surface area contributed by atoms with Crippen LogP contribution in [0.4, 0.5) is 4.39 Å². The average Bonchev–Trinajstić information content (AvgIpc) is 2.71. The van der Waals surface area contributed by atoms with Gasteiger partial charge < -0.3 is 9.15 Å². The lowest BCUT2D eigenvalue weighted by atomic mass is 10.0. The third kappa shape index (κ3) is 4.58. The fraction of sp³-hybridized carbons (Fsp3) is 0.409. The number of halogens is 2. The number of nitrogens with zero attached hydrogens (tertiary/aromatic N) is 1. The maximum Gasteiger partial charge on any atom is 0.347 e. The van der Waals surface area contributed by atoms with Crippen LogP contribution in [-0.4, -0.2) is 17.6 Å². The number of unbranched alkanes of at least 4 members (excludes halogenated alkanes) is 3. The number of alkyl halides is 1. The van der Waals surface area contributed by atoms with Gasteiger partial charge in [-0.3, -0.25) is 4.79 Å². The maximum absolute atomic E-state index is 14.9. The summed E-state index contributed by atoms with van der Waals surface area (Å²) in [5, 5.41) is 0.989. The van der Waals surface area contributed by atoms with Crippen molar-refractivity contribution in [3.8, 4) is 0 Å². The third-order valence-electron chi connectivity index (χ3n) is 4.77. The highest BCUT2D eigenvalue weighted by molar-refractivity contribution is 6.31. The normalized spacial score (nSPS) is 12.4. The van der Waals surface area contributed by atoms with Crippen molar-refractivity contribution in [2.75, 3.05) is 6.61 Å². The number of carbonyl (C=O) groups excluding carboxylic acids is 1. The van der Waals surface area contributed by atoms with Gasteiger partial charge in [-0.15, -0.1) is 0 Å². The van der Waals surface area contributed by atoms with Gasteiger partial charge in [-0.25, -0.2) is 14.2 Å². The van der Waals surface area contributed by atoms with E-state index in [0.29, 0.717) is 28.0 Å². The molecule has 1 aromatic carbocycles. The topological polar surface area (TPSA) is 69.4 Å². The lowest BCUT2D eigenvalue weighted by Crippen LogP contribution is -2.16. The first-order valence-corrected chi connectivity index (χ1v) is 10.2. The van der Waals surface area contributed by atoms with Crippen LogP contribution >= 0.6 is 11.6 Å². The number of ether oxygens (including phenoxy) is 1. The lowest BCUT2D eigenvalue weighted by molar-refractivity contribution is -0.149. The van der Waals surface area contributed by atoms with Gasteiger partial charge in [0, 0.05) is 5.02 Å². The lowest BCUT2D eigenvalue weighted by Gasteiger charge is -2.13. The van der Waals surface area contributed by atoms with Crippen molar-refractivity contribution in [2.45, 2.75) is 52.1 Å². The Hall–Kier alpha value is -2.47. The standard InChI is InChI=1S/C22H23ClFNO4/c1-3-5-6-7-8-13-11-16-20(26)15-12-14(23)9-10-17(15)29-21(16)25-19(13)18(24)22(27)28-4-2/h9-12,18H,3-8H2,1-2H3. The number of hydrogen-bond donors (Lipinski definition) is 0. The Morgan fingerprint density at radius 1 is 1.21 bits per heavy atom. The van der Waals surface area contributed by atoms with E-state index in [0.717, 1.165) is 25.7 Å². The molecule has 2 aromatic heterocycles. The number of rotatable bonds is 8. The minimum atomic E-state index is -2.04. The second kappa shape index (κ2) is 9.35. The summed E-state index contributed by atoms with van der Waals surface area (Å²) in [5.41, 5.74) is 0.465. The Balaban J connectivity index is 2.15. The highest BCUT2D eigenvalue weighted by atomic mass is 35.5. The Morgan fingerprint density at radius 2 is 2.00 bits per heavy atom. The third-order valence-corrected chi connectivity index (χ3v) is 5.01. The Morgan fingerprint density at radius 3 is 2.72 bits per heavy atom. The van der Waals surface area contributed by atoms with E-state index in [2.05, 4.69) is 11.9 Å². The molecule has 29 heavy (non-hydrogen) atoms. The molecule has 0 saturated carbocycles. The summed E-state index contributed by atoms with van der Waals surface area (Å²) < 4.78 is 25.4. The number of fused-ring (bicyclic) bond motifs is 2. The van der Waals surface area contributed by atoms with Gasteiger partial charge in [-0.05, 0) is 49.6 Å². The van der Waals surface area contributed by atoms with E-state index in [1.807, 2.05) is 0 Å². The molecule has 0 aliphatic rings. The van der Waals surface area contributed by atoms with E-state index in [1.165, 1.54) is 6.07 Å². The first-order chi connectivity index (χ1) is 14.0. The van der Waals surface area contributed by atoms with Crippen molar-refractivity contribution in [1.29, 1.82) is 0 Å². The second-order valence-electron chi connectivity index (χ2n) is 6.88. The van der Waals surface area contributed by atoms with Gasteiger partial charge in [0.2, 0.25) is 17.3 Å². The van der Waals surface area contributed by atoms with Crippen molar-refractivity contribution in [3.63, 3.8) is 0 Å². The van der Waals surface area contributed by atoms with Crippen molar-refractivity contribution in [2.24, 2.45) is 0 Å². The predicted octanol–water partition coefficient (Wildman–Crippen LogP) is 5.69. The smallest absolute Gasteiger partial charge is 0.347 e. The summed E-state index contributed by atoms with van der Waals surface area (Å²) in [6.07, 6.45) is 2.35. The Labute approximate surface area is 172 Å². The number of hydrogen-bond acceptors (Lipinski definition) is 5.